The van der Waals surface area contributed by atoms with Crippen LogP contribution >= 0.6 is 0 Å². The Morgan fingerprint density at radius 3 is 2.74 bits per heavy atom. The molecule has 1 N–H and O–H groups in total. The first-order valence-electron chi connectivity index (χ1n) is 10.6. The molecule has 2 aromatic carbocycles. The second-order valence-electron chi connectivity index (χ2n) is 9.19. The molecule has 5 rings (SSSR count). The molecule has 3 aliphatic carbocycles. The lowest BCUT2D eigenvalue weighted by atomic mass is 9.55. The third-order valence-corrected chi connectivity index (χ3v) is 7.90. The van der Waals surface area contributed by atoms with Crippen LogP contribution in [0, 0.1) is 17.3 Å². The van der Waals surface area contributed by atoms with Crippen molar-refractivity contribution in [2.45, 2.75) is 64.1 Å². The van der Waals surface area contributed by atoms with Crippen molar-refractivity contribution in [2.24, 2.45) is 17.3 Å². The number of fused-ring (bicyclic) bond motifs is 5. The van der Waals surface area contributed by atoms with Gasteiger partial charge in [-0.05, 0) is 90.5 Å². The maximum absolute atomic E-state index is 10.5. The lowest BCUT2D eigenvalue weighted by Crippen LogP contribution is -2.43. The fraction of sp³-hybridized carbons (Fsp3) is 0.520. The molecular formula is C25H30O2. The number of benzene rings is 2. The summed E-state index contributed by atoms with van der Waals surface area (Å²) in [5.41, 5.74) is 4.42. The molecule has 3 aliphatic rings. The van der Waals surface area contributed by atoms with Gasteiger partial charge in [0.05, 0.1) is 6.10 Å². The Balaban J connectivity index is 1.34. The van der Waals surface area contributed by atoms with Gasteiger partial charge in [-0.1, -0.05) is 43.3 Å². The molecule has 5 atom stereocenters. The van der Waals surface area contributed by atoms with Crippen LogP contribution in [0.25, 0.3) is 0 Å². The molecular weight excluding hydrogens is 332 g/mol. The lowest BCUT2D eigenvalue weighted by Gasteiger charge is -2.50. The highest BCUT2D eigenvalue weighted by Crippen LogP contribution is 2.60. The minimum atomic E-state index is -0.0846. The quantitative estimate of drug-likeness (QED) is 0.783. The highest BCUT2D eigenvalue weighted by Gasteiger charge is 2.54. The van der Waals surface area contributed by atoms with Crippen LogP contribution in [-0.2, 0) is 13.0 Å². The zero-order chi connectivity index (χ0) is 18.4. The Bertz CT molecular complexity index is 814. The molecule has 5 unspecified atom stereocenters. The van der Waals surface area contributed by atoms with Crippen molar-refractivity contribution >= 4 is 0 Å². The smallest absolute Gasteiger partial charge is 0.120 e. The predicted octanol–water partition coefficient (Wildman–Crippen LogP) is 5.48. The van der Waals surface area contributed by atoms with Crippen LogP contribution in [0.4, 0.5) is 0 Å². The summed E-state index contributed by atoms with van der Waals surface area (Å²) < 4.78 is 6.06. The van der Waals surface area contributed by atoms with Gasteiger partial charge in [0.2, 0.25) is 0 Å². The molecule has 0 aliphatic heterocycles. The van der Waals surface area contributed by atoms with Gasteiger partial charge in [-0.2, -0.15) is 0 Å². The van der Waals surface area contributed by atoms with E-state index in [9.17, 15) is 5.11 Å². The number of hydrogen-bond donors (Lipinski definition) is 1. The summed E-state index contributed by atoms with van der Waals surface area (Å²) in [6.45, 7) is 2.98. The van der Waals surface area contributed by atoms with Gasteiger partial charge in [-0.25, -0.2) is 0 Å². The topological polar surface area (TPSA) is 29.5 Å². The fourth-order valence-electron chi connectivity index (χ4n) is 6.36. The maximum Gasteiger partial charge on any atom is 0.120 e. The first-order valence-corrected chi connectivity index (χ1v) is 10.6. The monoisotopic (exact) mass is 362 g/mol. The minimum Gasteiger partial charge on any atom is -0.489 e. The molecule has 0 saturated heterocycles. The summed E-state index contributed by atoms with van der Waals surface area (Å²) in [6, 6.07) is 17.2. The van der Waals surface area contributed by atoms with Gasteiger partial charge < -0.3 is 9.84 Å². The van der Waals surface area contributed by atoms with Crippen LogP contribution in [0.15, 0.2) is 48.5 Å². The zero-order valence-corrected chi connectivity index (χ0v) is 16.2. The Labute approximate surface area is 162 Å². The van der Waals surface area contributed by atoms with Crippen LogP contribution in [0.1, 0.15) is 61.6 Å². The summed E-state index contributed by atoms with van der Waals surface area (Å²) in [7, 11) is 0. The van der Waals surface area contributed by atoms with Gasteiger partial charge >= 0.3 is 0 Å². The number of ether oxygens (including phenoxy) is 1. The van der Waals surface area contributed by atoms with Crippen LogP contribution in [0.2, 0.25) is 0 Å². The molecule has 0 amide bonds. The van der Waals surface area contributed by atoms with Gasteiger partial charge in [0.15, 0.2) is 0 Å². The van der Waals surface area contributed by atoms with E-state index in [0.717, 1.165) is 24.5 Å². The Kier molecular flexibility index (Phi) is 4.27. The molecule has 2 nitrogen and oxygen atoms in total. The lowest BCUT2D eigenvalue weighted by molar-refractivity contribution is -0.0226. The largest absolute Gasteiger partial charge is 0.489 e. The number of aliphatic hydroxyl groups excluding tert-OH is 1. The molecule has 2 saturated carbocycles. The van der Waals surface area contributed by atoms with E-state index in [1.165, 1.54) is 36.8 Å². The number of rotatable bonds is 3. The first-order chi connectivity index (χ1) is 13.1. The highest BCUT2D eigenvalue weighted by molar-refractivity contribution is 5.41. The molecule has 2 heteroatoms. The van der Waals surface area contributed by atoms with E-state index in [1.54, 1.807) is 5.56 Å². The van der Waals surface area contributed by atoms with Gasteiger partial charge in [-0.15, -0.1) is 0 Å². The molecule has 0 spiro atoms. The van der Waals surface area contributed by atoms with Crippen molar-refractivity contribution in [3.63, 3.8) is 0 Å². The molecule has 0 aromatic heterocycles. The van der Waals surface area contributed by atoms with E-state index < -0.39 is 0 Å². The Morgan fingerprint density at radius 2 is 1.89 bits per heavy atom. The molecule has 0 radical (unpaired) electrons. The Hall–Kier alpha value is -1.80. The molecule has 0 heterocycles. The molecule has 2 aromatic rings. The van der Waals surface area contributed by atoms with Crippen LogP contribution < -0.4 is 4.74 Å². The summed E-state index contributed by atoms with van der Waals surface area (Å²) in [4.78, 5) is 0. The third kappa shape index (κ3) is 2.89. The average molecular weight is 363 g/mol. The van der Waals surface area contributed by atoms with Crippen molar-refractivity contribution in [3.8, 4) is 5.75 Å². The van der Waals surface area contributed by atoms with Crippen molar-refractivity contribution in [1.82, 2.24) is 0 Å². The molecule has 0 bridgehead atoms. The normalized spacial score (nSPS) is 34.4. The molecule has 2 fully saturated rings. The van der Waals surface area contributed by atoms with Gasteiger partial charge in [0, 0.05) is 0 Å². The van der Waals surface area contributed by atoms with Gasteiger partial charge in [-0.3, -0.25) is 0 Å². The first kappa shape index (κ1) is 17.3. The second-order valence-corrected chi connectivity index (χ2v) is 9.19. The van der Waals surface area contributed by atoms with Crippen LogP contribution in [-0.4, -0.2) is 11.2 Å². The zero-order valence-electron chi connectivity index (χ0n) is 16.2. The minimum absolute atomic E-state index is 0.0846. The fourth-order valence-corrected chi connectivity index (χ4v) is 6.36. The summed E-state index contributed by atoms with van der Waals surface area (Å²) in [6.07, 6.45) is 6.96. The van der Waals surface area contributed by atoms with Gasteiger partial charge in [0.1, 0.15) is 12.4 Å². The maximum atomic E-state index is 10.5. The van der Waals surface area contributed by atoms with E-state index in [4.69, 9.17) is 4.74 Å². The second kappa shape index (κ2) is 6.67. The highest BCUT2D eigenvalue weighted by atomic mass is 16.5. The van der Waals surface area contributed by atoms with E-state index in [0.29, 0.717) is 18.4 Å². The predicted molar refractivity (Wildman–Crippen MR) is 108 cm³/mol. The number of aliphatic hydroxyl groups is 1. The Morgan fingerprint density at radius 1 is 1.04 bits per heavy atom. The van der Waals surface area contributed by atoms with Crippen LogP contribution in [0.3, 0.4) is 0 Å². The summed E-state index contributed by atoms with van der Waals surface area (Å²) in [5, 5.41) is 10.5. The molecule has 27 heavy (non-hydrogen) atoms. The average Bonchev–Trinajstić information content (AvgIpc) is 3.01. The number of hydrogen-bond acceptors (Lipinski definition) is 2. The summed E-state index contributed by atoms with van der Waals surface area (Å²) in [5.74, 6) is 3.13. The molecule has 142 valence electrons. The van der Waals surface area contributed by atoms with E-state index >= 15 is 0 Å². The van der Waals surface area contributed by atoms with E-state index in [-0.39, 0.29) is 11.5 Å². The van der Waals surface area contributed by atoms with Crippen LogP contribution in [0.5, 0.6) is 5.75 Å². The summed E-state index contributed by atoms with van der Waals surface area (Å²) >= 11 is 0. The van der Waals surface area contributed by atoms with Gasteiger partial charge in [0.25, 0.3) is 0 Å². The third-order valence-electron chi connectivity index (χ3n) is 7.90. The number of aryl methyl sites for hydroxylation is 1. The van der Waals surface area contributed by atoms with E-state index in [1.807, 2.05) is 6.07 Å². The SMILES string of the molecule is CC12CCC3c4ccc(OCc5ccccc5)cc4CCC3C1CCC2O. The van der Waals surface area contributed by atoms with Crippen molar-refractivity contribution < 1.29 is 9.84 Å². The van der Waals surface area contributed by atoms with Crippen molar-refractivity contribution in [2.75, 3.05) is 0 Å². The van der Waals surface area contributed by atoms with E-state index in [2.05, 4.69) is 49.4 Å². The van der Waals surface area contributed by atoms with Crippen molar-refractivity contribution in [3.05, 3.63) is 65.2 Å². The van der Waals surface area contributed by atoms with Crippen molar-refractivity contribution in [1.29, 1.82) is 0 Å². The standard InChI is InChI=1S/C25H30O2/c1-25-14-13-21-20-10-8-19(27-16-17-5-3-2-4-6-17)15-18(20)7-9-22(21)23(25)11-12-24(25)26/h2-6,8,10,15,21-24,26H,7,9,11-14,16H2,1H3.